The third-order valence-corrected chi connectivity index (χ3v) is 5.84. The van der Waals surface area contributed by atoms with Crippen molar-refractivity contribution < 1.29 is 13.9 Å². The second kappa shape index (κ2) is 9.80. The largest absolute Gasteiger partial charge is 0.383 e. The van der Waals surface area contributed by atoms with Crippen molar-refractivity contribution in [2.75, 3.05) is 20.3 Å². The number of nitrogens with one attached hydrogen (secondary N) is 1. The third kappa shape index (κ3) is 5.06. The number of hydrogen-bond donors (Lipinski definition) is 1. The number of rotatable bonds is 8. The van der Waals surface area contributed by atoms with Crippen LogP contribution in [0.2, 0.25) is 0 Å². The number of halogens is 1. The van der Waals surface area contributed by atoms with E-state index < -0.39 is 0 Å². The van der Waals surface area contributed by atoms with Crippen LogP contribution in [0.5, 0.6) is 0 Å². The first kappa shape index (κ1) is 21.8. The van der Waals surface area contributed by atoms with E-state index in [1.807, 2.05) is 11.4 Å². The highest BCUT2D eigenvalue weighted by molar-refractivity contribution is 7.13. The molecule has 4 rings (SSSR count). The van der Waals surface area contributed by atoms with E-state index in [0.29, 0.717) is 35.6 Å². The molecule has 0 radical (unpaired) electrons. The van der Waals surface area contributed by atoms with Crippen LogP contribution >= 0.6 is 11.3 Å². The predicted molar refractivity (Wildman–Crippen MR) is 121 cm³/mol. The van der Waals surface area contributed by atoms with E-state index in [0.717, 1.165) is 10.6 Å². The molecule has 2 heterocycles. The van der Waals surface area contributed by atoms with Crippen molar-refractivity contribution in [3.05, 3.63) is 81.6 Å². The van der Waals surface area contributed by atoms with Gasteiger partial charge in [0.25, 0.3) is 5.56 Å². The highest BCUT2D eigenvalue weighted by Crippen LogP contribution is 2.24. The van der Waals surface area contributed by atoms with E-state index in [4.69, 9.17) is 4.74 Å². The molecule has 0 unspecified atom stereocenters. The molecule has 1 amide bonds. The van der Waals surface area contributed by atoms with Gasteiger partial charge in [0.2, 0.25) is 5.91 Å². The van der Waals surface area contributed by atoms with Gasteiger partial charge < -0.3 is 14.6 Å². The molecule has 0 saturated carbocycles. The van der Waals surface area contributed by atoms with Crippen LogP contribution in [0.3, 0.4) is 0 Å². The number of aromatic amines is 1. The van der Waals surface area contributed by atoms with E-state index in [-0.39, 0.29) is 30.2 Å². The SMILES string of the molecule is COCCN(Cc1nc2ccccc2c(=O)[nH]1)C(=O)Cc1csc(-c2ccc(F)cc2)n1. The zero-order chi connectivity index (χ0) is 22.5. The number of carbonyl (C=O) groups is 1. The van der Waals surface area contributed by atoms with E-state index in [2.05, 4.69) is 15.0 Å². The van der Waals surface area contributed by atoms with Crippen LogP contribution < -0.4 is 5.56 Å². The number of thiazole rings is 1. The van der Waals surface area contributed by atoms with E-state index in [9.17, 15) is 14.0 Å². The minimum atomic E-state index is -0.310. The topological polar surface area (TPSA) is 88.2 Å². The standard InChI is InChI=1S/C23H21FN4O3S/c1-31-11-10-28(13-20-26-19-5-3-2-4-18(19)22(30)27-20)21(29)12-17-14-32-23(25-17)15-6-8-16(24)9-7-15/h2-9,14H,10-13H2,1H3,(H,26,27,30). The van der Waals surface area contributed by atoms with Crippen LogP contribution in [0.1, 0.15) is 11.5 Å². The lowest BCUT2D eigenvalue weighted by Gasteiger charge is -2.21. The van der Waals surface area contributed by atoms with E-state index >= 15 is 0 Å². The van der Waals surface area contributed by atoms with Crippen LogP contribution in [-0.2, 0) is 22.5 Å². The summed E-state index contributed by atoms with van der Waals surface area (Å²) in [6.07, 6.45) is 0.0965. The van der Waals surface area contributed by atoms with Gasteiger partial charge in [-0.2, -0.15) is 0 Å². The molecule has 2 aromatic heterocycles. The normalized spacial score (nSPS) is 11.1. The lowest BCUT2D eigenvalue weighted by molar-refractivity contribution is -0.131. The van der Waals surface area contributed by atoms with Crippen LogP contribution in [0, 0.1) is 5.82 Å². The molecular weight excluding hydrogens is 431 g/mol. The zero-order valence-electron chi connectivity index (χ0n) is 17.4. The van der Waals surface area contributed by atoms with E-state index in [1.165, 1.54) is 23.5 Å². The molecule has 0 aliphatic rings. The van der Waals surface area contributed by atoms with Gasteiger partial charge in [-0.05, 0) is 36.4 Å². The van der Waals surface area contributed by atoms with Crippen molar-refractivity contribution in [2.24, 2.45) is 0 Å². The summed E-state index contributed by atoms with van der Waals surface area (Å²) in [5.41, 5.74) is 1.76. The molecule has 1 N–H and O–H groups in total. The van der Waals surface area contributed by atoms with E-state index in [1.54, 1.807) is 42.3 Å². The molecule has 0 atom stereocenters. The summed E-state index contributed by atoms with van der Waals surface area (Å²) in [6, 6.07) is 13.1. The van der Waals surface area contributed by atoms with Gasteiger partial charge in [-0.25, -0.2) is 14.4 Å². The number of H-pyrrole nitrogens is 1. The lowest BCUT2D eigenvalue weighted by Crippen LogP contribution is -2.35. The van der Waals surface area contributed by atoms with Gasteiger partial charge in [-0.15, -0.1) is 11.3 Å². The van der Waals surface area contributed by atoms with Gasteiger partial charge in [0.05, 0.1) is 36.2 Å². The molecule has 2 aromatic carbocycles. The van der Waals surface area contributed by atoms with Gasteiger partial charge >= 0.3 is 0 Å². The van der Waals surface area contributed by atoms with Gasteiger partial charge in [-0.1, -0.05) is 12.1 Å². The minimum absolute atomic E-state index is 0.0965. The average Bonchev–Trinajstić information content (AvgIpc) is 3.25. The second-order valence-electron chi connectivity index (χ2n) is 7.17. The van der Waals surface area contributed by atoms with Crippen LogP contribution in [-0.4, -0.2) is 46.0 Å². The number of aromatic nitrogens is 3. The first-order valence-electron chi connectivity index (χ1n) is 9.98. The minimum Gasteiger partial charge on any atom is -0.383 e. The van der Waals surface area contributed by atoms with Crippen LogP contribution in [0.15, 0.2) is 58.7 Å². The van der Waals surface area contributed by atoms with Gasteiger partial charge in [-0.3, -0.25) is 9.59 Å². The van der Waals surface area contributed by atoms with Crippen LogP contribution in [0.4, 0.5) is 4.39 Å². The number of ether oxygens (including phenoxy) is 1. The highest BCUT2D eigenvalue weighted by atomic mass is 32.1. The Morgan fingerprint density at radius 1 is 1.16 bits per heavy atom. The Kier molecular flexibility index (Phi) is 6.67. The number of benzene rings is 2. The monoisotopic (exact) mass is 452 g/mol. The number of carbonyl (C=O) groups excluding carboxylic acids is 1. The molecule has 0 spiro atoms. The molecule has 4 aromatic rings. The first-order valence-corrected chi connectivity index (χ1v) is 10.9. The van der Waals surface area contributed by atoms with Crippen molar-refractivity contribution in [3.63, 3.8) is 0 Å². The number of amides is 1. The molecule has 0 aliphatic heterocycles. The Labute approximate surface area is 187 Å². The average molecular weight is 453 g/mol. The Hall–Kier alpha value is -3.43. The zero-order valence-corrected chi connectivity index (χ0v) is 18.2. The summed E-state index contributed by atoms with van der Waals surface area (Å²) >= 11 is 1.40. The fourth-order valence-electron chi connectivity index (χ4n) is 3.26. The fraction of sp³-hybridized carbons (Fsp3) is 0.217. The number of nitrogens with zero attached hydrogens (tertiary/aromatic N) is 3. The molecule has 32 heavy (non-hydrogen) atoms. The predicted octanol–water partition coefficient (Wildman–Crippen LogP) is 3.40. The Morgan fingerprint density at radius 2 is 1.94 bits per heavy atom. The second-order valence-corrected chi connectivity index (χ2v) is 8.02. The van der Waals surface area contributed by atoms with Crippen molar-refractivity contribution in [1.29, 1.82) is 0 Å². The Morgan fingerprint density at radius 3 is 2.72 bits per heavy atom. The number of fused-ring (bicyclic) bond motifs is 1. The van der Waals surface area contributed by atoms with Crippen molar-refractivity contribution in [2.45, 2.75) is 13.0 Å². The Balaban J connectivity index is 1.51. The summed E-state index contributed by atoms with van der Waals surface area (Å²) in [5.74, 6) is -0.0629. The smallest absolute Gasteiger partial charge is 0.258 e. The highest BCUT2D eigenvalue weighted by Gasteiger charge is 2.18. The summed E-state index contributed by atoms with van der Waals surface area (Å²) < 4.78 is 18.3. The summed E-state index contributed by atoms with van der Waals surface area (Å²) in [5, 5.41) is 3.04. The van der Waals surface area contributed by atoms with Gasteiger partial charge in [0.15, 0.2) is 0 Å². The summed E-state index contributed by atoms with van der Waals surface area (Å²) in [4.78, 5) is 38.7. The lowest BCUT2D eigenvalue weighted by atomic mass is 10.2. The van der Waals surface area contributed by atoms with Crippen LogP contribution in [0.25, 0.3) is 21.5 Å². The van der Waals surface area contributed by atoms with Crippen molar-refractivity contribution in [1.82, 2.24) is 19.9 Å². The quantitative estimate of drug-likeness (QED) is 0.443. The molecule has 9 heteroatoms. The maximum atomic E-state index is 13.2. The molecule has 0 fully saturated rings. The molecular formula is C23H21FN4O3S. The number of para-hydroxylation sites is 1. The van der Waals surface area contributed by atoms with Crippen molar-refractivity contribution >= 4 is 28.1 Å². The molecule has 164 valence electrons. The van der Waals surface area contributed by atoms with Gasteiger partial charge in [0.1, 0.15) is 16.6 Å². The summed E-state index contributed by atoms with van der Waals surface area (Å²) in [6.45, 7) is 0.847. The Bertz CT molecular complexity index is 1290. The molecule has 0 bridgehead atoms. The molecule has 0 aliphatic carbocycles. The van der Waals surface area contributed by atoms with Gasteiger partial charge in [0, 0.05) is 24.6 Å². The third-order valence-electron chi connectivity index (χ3n) is 4.90. The molecule has 0 saturated heterocycles. The maximum Gasteiger partial charge on any atom is 0.258 e. The number of hydrogen-bond acceptors (Lipinski definition) is 6. The van der Waals surface area contributed by atoms with Crippen molar-refractivity contribution in [3.8, 4) is 10.6 Å². The first-order chi connectivity index (χ1) is 15.5. The maximum absolute atomic E-state index is 13.2. The number of methoxy groups -OCH3 is 1. The summed E-state index contributed by atoms with van der Waals surface area (Å²) in [7, 11) is 1.56. The molecule has 7 nitrogen and oxygen atoms in total. The fourth-order valence-corrected chi connectivity index (χ4v) is 4.09.